The maximum Gasteiger partial charge on any atom is 0.178 e. The van der Waals surface area contributed by atoms with Crippen LogP contribution in [-0.4, -0.2) is 21.8 Å². The Bertz CT molecular complexity index is 677. The average Bonchev–Trinajstić information content (AvgIpc) is 3.02. The van der Waals surface area contributed by atoms with Gasteiger partial charge in [-0.2, -0.15) is 0 Å². The molecule has 3 unspecified atom stereocenters. The molecule has 2 fully saturated rings. The second-order valence-corrected chi connectivity index (χ2v) is 5.90. The molecule has 94 valence electrons. The fraction of sp³-hybridized carbons (Fsp3) is 0.462. The van der Waals surface area contributed by atoms with Crippen LogP contribution >= 0.6 is 23.8 Å². The number of fused-ring (bicyclic) bond motifs is 3. The fourth-order valence-corrected chi connectivity index (χ4v) is 3.88. The first-order valence-electron chi connectivity index (χ1n) is 6.28. The normalized spacial score (nSPS) is 30.4. The van der Waals surface area contributed by atoms with Crippen LogP contribution in [0.2, 0.25) is 5.02 Å². The highest BCUT2D eigenvalue weighted by atomic mass is 35.5. The molecule has 1 aromatic heterocycles. The van der Waals surface area contributed by atoms with Gasteiger partial charge in [0.15, 0.2) is 4.77 Å². The molecule has 1 N–H and O–H groups in total. The zero-order valence-corrected chi connectivity index (χ0v) is 11.3. The van der Waals surface area contributed by atoms with Crippen LogP contribution in [0.1, 0.15) is 25.3 Å². The van der Waals surface area contributed by atoms with Crippen LogP contribution in [0.25, 0.3) is 11.0 Å². The summed E-state index contributed by atoms with van der Waals surface area (Å²) in [6.07, 6.45) is 4.14. The first-order chi connectivity index (χ1) is 8.74. The molecule has 0 saturated carbocycles. The van der Waals surface area contributed by atoms with Crippen molar-refractivity contribution < 1.29 is 4.74 Å². The minimum absolute atomic E-state index is 0.319. The Morgan fingerprint density at radius 3 is 3.00 bits per heavy atom. The molecule has 1 aromatic carbocycles. The van der Waals surface area contributed by atoms with Gasteiger partial charge in [0.25, 0.3) is 0 Å². The molecule has 0 spiro atoms. The number of H-pyrrole nitrogens is 1. The number of nitrogens with zero attached hydrogens (tertiary/aromatic N) is 1. The molecule has 0 aliphatic carbocycles. The van der Waals surface area contributed by atoms with E-state index in [2.05, 4.69) is 15.6 Å². The Labute approximate surface area is 115 Å². The zero-order valence-electron chi connectivity index (χ0n) is 9.73. The highest BCUT2D eigenvalue weighted by molar-refractivity contribution is 7.71. The molecule has 18 heavy (non-hydrogen) atoms. The van der Waals surface area contributed by atoms with Gasteiger partial charge >= 0.3 is 0 Å². The lowest BCUT2D eigenvalue weighted by atomic mass is 9.95. The smallest absolute Gasteiger partial charge is 0.178 e. The lowest BCUT2D eigenvalue weighted by Gasteiger charge is -2.20. The Balaban J connectivity index is 1.92. The van der Waals surface area contributed by atoms with Gasteiger partial charge in [0, 0.05) is 0 Å². The zero-order chi connectivity index (χ0) is 12.3. The average molecular weight is 281 g/mol. The summed E-state index contributed by atoms with van der Waals surface area (Å²) in [5, 5.41) is 0.724. The molecule has 0 amide bonds. The number of benzene rings is 1. The van der Waals surface area contributed by atoms with Crippen molar-refractivity contribution in [2.45, 2.75) is 37.5 Å². The number of para-hydroxylation sites is 1. The molecule has 2 aliphatic heterocycles. The quantitative estimate of drug-likeness (QED) is 0.804. The number of hydrogen-bond donors (Lipinski definition) is 1. The summed E-state index contributed by atoms with van der Waals surface area (Å²) in [7, 11) is 0. The molecule has 2 bridgehead atoms. The number of ether oxygens (including phenoxy) is 1. The maximum absolute atomic E-state index is 6.21. The highest BCUT2D eigenvalue weighted by Gasteiger charge is 2.42. The van der Waals surface area contributed by atoms with Gasteiger partial charge in [-0.1, -0.05) is 17.7 Å². The number of hydrogen-bond acceptors (Lipinski definition) is 2. The number of aromatic amines is 1. The van der Waals surface area contributed by atoms with E-state index < -0.39 is 0 Å². The van der Waals surface area contributed by atoms with E-state index in [1.165, 1.54) is 6.42 Å². The van der Waals surface area contributed by atoms with Crippen molar-refractivity contribution in [3.8, 4) is 0 Å². The lowest BCUT2D eigenvalue weighted by molar-refractivity contribution is 0.0941. The van der Waals surface area contributed by atoms with Crippen LogP contribution in [0.3, 0.4) is 0 Å². The van der Waals surface area contributed by atoms with Gasteiger partial charge in [-0.05, 0) is 43.6 Å². The van der Waals surface area contributed by atoms with Crippen LogP contribution in [0.5, 0.6) is 0 Å². The molecule has 4 rings (SSSR count). The third-order valence-corrected chi connectivity index (χ3v) is 4.72. The lowest BCUT2D eigenvalue weighted by Crippen LogP contribution is -2.20. The van der Waals surface area contributed by atoms with Gasteiger partial charge < -0.3 is 14.3 Å². The molecule has 0 radical (unpaired) electrons. The molecular formula is C13H13ClN2OS. The van der Waals surface area contributed by atoms with Crippen LogP contribution in [0, 0.1) is 4.77 Å². The Hall–Kier alpha value is -0.840. The second-order valence-electron chi connectivity index (χ2n) is 5.11. The standard InChI is InChI=1S/C13H13ClN2OS/c14-8-2-1-3-9-12(8)15-13(18)16(9)10-6-7-4-5-11(10)17-7/h1-3,7,10-11H,4-6H2,(H,15,18). The number of nitrogens with one attached hydrogen (secondary N) is 1. The van der Waals surface area contributed by atoms with E-state index in [1.54, 1.807) is 0 Å². The number of imidazole rings is 1. The molecule has 2 aromatic rings. The van der Waals surface area contributed by atoms with Crippen molar-refractivity contribution in [3.63, 3.8) is 0 Å². The van der Waals surface area contributed by atoms with Crippen molar-refractivity contribution in [1.82, 2.24) is 9.55 Å². The SMILES string of the molecule is S=c1[nH]c2c(Cl)cccc2n1C1CC2CCC1O2. The minimum atomic E-state index is 0.319. The maximum atomic E-state index is 6.21. The topological polar surface area (TPSA) is 29.9 Å². The Kier molecular flexibility index (Phi) is 2.34. The summed E-state index contributed by atoms with van der Waals surface area (Å²) in [6, 6.07) is 6.29. The number of aromatic nitrogens is 2. The molecule has 2 saturated heterocycles. The van der Waals surface area contributed by atoms with E-state index in [1.807, 2.05) is 12.1 Å². The van der Waals surface area contributed by atoms with Gasteiger partial charge in [0.1, 0.15) is 0 Å². The van der Waals surface area contributed by atoms with Crippen LogP contribution in [0.15, 0.2) is 18.2 Å². The van der Waals surface area contributed by atoms with Crippen molar-refractivity contribution in [3.05, 3.63) is 28.0 Å². The third-order valence-electron chi connectivity index (χ3n) is 4.11. The number of rotatable bonds is 1. The largest absolute Gasteiger partial charge is 0.373 e. The first-order valence-corrected chi connectivity index (χ1v) is 7.07. The summed E-state index contributed by atoms with van der Waals surface area (Å²) in [6.45, 7) is 0. The summed E-state index contributed by atoms with van der Waals surface area (Å²) in [5.41, 5.74) is 2.03. The van der Waals surface area contributed by atoms with E-state index in [-0.39, 0.29) is 0 Å². The summed E-state index contributed by atoms with van der Waals surface area (Å²) < 4.78 is 8.87. The van der Waals surface area contributed by atoms with Gasteiger partial charge in [0.2, 0.25) is 0 Å². The summed E-state index contributed by atoms with van der Waals surface area (Å²) in [4.78, 5) is 3.22. The molecule has 3 atom stereocenters. The van der Waals surface area contributed by atoms with Gasteiger partial charge in [-0.3, -0.25) is 0 Å². The van der Waals surface area contributed by atoms with Crippen LogP contribution in [-0.2, 0) is 4.74 Å². The summed E-state index contributed by atoms with van der Waals surface area (Å²) >= 11 is 11.7. The highest BCUT2D eigenvalue weighted by Crippen LogP contribution is 2.43. The Morgan fingerprint density at radius 2 is 2.28 bits per heavy atom. The van der Waals surface area contributed by atoms with Gasteiger partial charge in [-0.25, -0.2) is 0 Å². The predicted molar refractivity (Wildman–Crippen MR) is 73.7 cm³/mol. The summed E-state index contributed by atoms with van der Waals surface area (Å²) in [5.74, 6) is 0. The first kappa shape index (κ1) is 11.0. The van der Waals surface area contributed by atoms with Crippen molar-refractivity contribution >= 4 is 34.9 Å². The van der Waals surface area contributed by atoms with Crippen molar-refractivity contribution in [1.29, 1.82) is 0 Å². The monoisotopic (exact) mass is 280 g/mol. The minimum Gasteiger partial charge on any atom is -0.373 e. The molecule has 5 heteroatoms. The van der Waals surface area contributed by atoms with Gasteiger partial charge in [0.05, 0.1) is 34.3 Å². The number of halogens is 1. The molecule has 3 nitrogen and oxygen atoms in total. The second kappa shape index (κ2) is 3.83. The van der Waals surface area contributed by atoms with Crippen LogP contribution < -0.4 is 0 Å². The van der Waals surface area contributed by atoms with E-state index in [4.69, 9.17) is 28.6 Å². The van der Waals surface area contributed by atoms with Gasteiger partial charge in [-0.15, -0.1) is 0 Å². The van der Waals surface area contributed by atoms with E-state index >= 15 is 0 Å². The van der Waals surface area contributed by atoms with Crippen molar-refractivity contribution in [2.75, 3.05) is 0 Å². The molecule has 3 heterocycles. The molecule has 2 aliphatic rings. The van der Waals surface area contributed by atoms with E-state index in [9.17, 15) is 0 Å². The van der Waals surface area contributed by atoms with Crippen molar-refractivity contribution in [2.24, 2.45) is 0 Å². The van der Waals surface area contributed by atoms with Crippen LogP contribution in [0.4, 0.5) is 0 Å². The third kappa shape index (κ3) is 1.43. The van der Waals surface area contributed by atoms with E-state index in [0.717, 1.165) is 33.7 Å². The van der Waals surface area contributed by atoms with E-state index in [0.29, 0.717) is 18.2 Å². The Morgan fingerprint density at radius 1 is 1.39 bits per heavy atom. The molecular weight excluding hydrogens is 268 g/mol. The predicted octanol–water partition coefficient (Wildman–Crippen LogP) is 3.84. The fourth-order valence-electron chi connectivity index (χ4n) is 3.33.